The number of methoxy groups -OCH3 is 2. The van der Waals surface area contributed by atoms with Crippen LogP contribution in [0.2, 0.25) is 0 Å². The number of unbranched alkanes of at least 4 members (excludes halogenated alkanes) is 3. The fraction of sp³-hybridized carbons (Fsp3) is 0.880. The number of carbonyl (C=O) groups is 3. The molecule has 0 aromatic carbocycles. The minimum atomic E-state index is -3.93. The summed E-state index contributed by atoms with van der Waals surface area (Å²) in [5, 5.41) is 7.78. The molecule has 0 saturated carbocycles. The average molecular weight is 648 g/mol. The molecular formula is C25H50N3O14P. The van der Waals surface area contributed by atoms with E-state index < -0.39 is 26.1 Å². The van der Waals surface area contributed by atoms with Gasteiger partial charge >= 0.3 is 20.0 Å². The second-order valence-corrected chi connectivity index (χ2v) is 10.4. The lowest BCUT2D eigenvalue weighted by Gasteiger charge is -2.18. The van der Waals surface area contributed by atoms with Crippen molar-refractivity contribution >= 4 is 25.9 Å². The van der Waals surface area contributed by atoms with Crippen molar-refractivity contribution in [2.45, 2.75) is 44.6 Å². The quantitative estimate of drug-likeness (QED) is 0.0513. The van der Waals surface area contributed by atoms with Crippen molar-refractivity contribution in [2.24, 2.45) is 0 Å². The predicted molar refractivity (Wildman–Crippen MR) is 152 cm³/mol. The third kappa shape index (κ3) is 28.4. The van der Waals surface area contributed by atoms with Gasteiger partial charge in [-0.2, -0.15) is 0 Å². The van der Waals surface area contributed by atoms with Gasteiger partial charge in [0, 0.05) is 47.4 Å². The Labute approximate surface area is 253 Å². The SMILES string of the molecule is COCCOCCNC(=O)OCC(COC(=O)NCOCCOC)OCCCC(=O)NCCCCCCOP(=O)(O)OC. The fourth-order valence-corrected chi connectivity index (χ4v) is 3.46. The molecule has 0 saturated heterocycles. The first-order chi connectivity index (χ1) is 20.7. The molecule has 2 atom stereocenters. The van der Waals surface area contributed by atoms with E-state index in [1.807, 2.05) is 0 Å². The summed E-state index contributed by atoms with van der Waals surface area (Å²) in [5.41, 5.74) is 0. The maximum atomic E-state index is 12.1. The molecule has 43 heavy (non-hydrogen) atoms. The third-order valence-corrected chi connectivity index (χ3v) is 6.25. The van der Waals surface area contributed by atoms with Crippen LogP contribution in [0.5, 0.6) is 0 Å². The second-order valence-electron chi connectivity index (χ2n) is 8.80. The Bertz CT molecular complexity index is 765. The number of amides is 3. The molecule has 0 aliphatic carbocycles. The van der Waals surface area contributed by atoms with Crippen LogP contribution in [0.3, 0.4) is 0 Å². The van der Waals surface area contributed by atoms with Gasteiger partial charge < -0.3 is 48.7 Å². The molecule has 254 valence electrons. The summed E-state index contributed by atoms with van der Waals surface area (Å²) < 4.78 is 56.4. The van der Waals surface area contributed by atoms with Gasteiger partial charge in [-0.3, -0.25) is 19.2 Å². The standard InChI is InChI=1S/C25H50N3O14P/c1-34-15-17-37-14-11-27-24(30)40-19-22(20-41-25(31)28-21-38-18-16-35-2)39-12-8-9-23(29)26-10-6-4-5-7-13-42-43(32,33)36-3/h22H,4-21H2,1-3H3,(H,26,29)(H,27,30)(H,28,31)(H,32,33). The third-order valence-electron chi connectivity index (χ3n) is 5.28. The predicted octanol–water partition coefficient (Wildman–Crippen LogP) is 1.33. The summed E-state index contributed by atoms with van der Waals surface area (Å²) in [5.74, 6) is -0.141. The Morgan fingerprint density at radius 2 is 1.35 bits per heavy atom. The zero-order valence-electron chi connectivity index (χ0n) is 25.5. The molecule has 0 heterocycles. The molecule has 3 amide bonds. The normalized spacial score (nSPS) is 13.1. The van der Waals surface area contributed by atoms with Crippen LogP contribution in [0.15, 0.2) is 0 Å². The number of ether oxygens (including phenoxy) is 7. The van der Waals surface area contributed by atoms with Crippen LogP contribution >= 0.6 is 7.82 Å². The highest BCUT2D eigenvalue weighted by Crippen LogP contribution is 2.41. The smallest absolute Gasteiger partial charge is 0.447 e. The summed E-state index contributed by atoms with van der Waals surface area (Å²) >= 11 is 0. The van der Waals surface area contributed by atoms with E-state index in [1.54, 1.807) is 7.11 Å². The Morgan fingerprint density at radius 1 is 0.698 bits per heavy atom. The number of carbonyl (C=O) groups excluding carboxylic acids is 3. The van der Waals surface area contributed by atoms with E-state index in [0.29, 0.717) is 45.8 Å². The lowest BCUT2D eigenvalue weighted by atomic mass is 10.2. The largest absolute Gasteiger partial charge is 0.471 e. The van der Waals surface area contributed by atoms with Crippen LogP contribution in [0.25, 0.3) is 0 Å². The lowest BCUT2D eigenvalue weighted by Crippen LogP contribution is -2.35. The van der Waals surface area contributed by atoms with Gasteiger partial charge in [-0.05, 0) is 19.3 Å². The van der Waals surface area contributed by atoms with Crippen LogP contribution in [0, 0.1) is 0 Å². The first-order valence-corrected chi connectivity index (χ1v) is 15.6. The summed E-state index contributed by atoms with van der Waals surface area (Å²) in [4.78, 5) is 45.1. The summed E-state index contributed by atoms with van der Waals surface area (Å²) in [6.07, 6.45) is 1.37. The van der Waals surface area contributed by atoms with Crippen molar-refractivity contribution in [1.29, 1.82) is 0 Å². The van der Waals surface area contributed by atoms with Gasteiger partial charge in [0.2, 0.25) is 5.91 Å². The molecule has 17 nitrogen and oxygen atoms in total. The number of hydrogen-bond acceptors (Lipinski definition) is 13. The van der Waals surface area contributed by atoms with E-state index in [9.17, 15) is 18.9 Å². The maximum Gasteiger partial charge on any atom is 0.471 e. The van der Waals surface area contributed by atoms with E-state index in [1.165, 1.54) is 7.11 Å². The number of hydrogen-bond donors (Lipinski definition) is 4. The van der Waals surface area contributed by atoms with Gasteiger partial charge in [0.15, 0.2) is 0 Å². The Balaban J connectivity index is 4.25. The molecule has 0 aliphatic rings. The summed E-state index contributed by atoms with van der Waals surface area (Å²) in [7, 11) is 0.265. The zero-order valence-corrected chi connectivity index (χ0v) is 26.4. The Kier molecular flexibility index (Phi) is 27.3. The van der Waals surface area contributed by atoms with Crippen molar-refractivity contribution < 1.29 is 66.0 Å². The number of phosphoric ester groups is 1. The monoisotopic (exact) mass is 647 g/mol. The average Bonchev–Trinajstić information content (AvgIpc) is 2.99. The van der Waals surface area contributed by atoms with Crippen molar-refractivity contribution in [3.8, 4) is 0 Å². The van der Waals surface area contributed by atoms with Gasteiger partial charge in [0.05, 0.1) is 39.6 Å². The first-order valence-electron chi connectivity index (χ1n) is 14.1. The topological polar surface area (TPSA) is 208 Å². The highest BCUT2D eigenvalue weighted by atomic mass is 31.2. The van der Waals surface area contributed by atoms with Crippen LogP contribution in [-0.4, -0.2) is 130 Å². The van der Waals surface area contributed by atoms with Gasteiger partial charge in [0.1, 0.15) is 26.0 Å². The minimum absolute atomic E-state index is 0.0656. The molecule has 0 bridgehead atoms. The Morgan fingerprint density at radius 3 is 2.02 bits per heavy atom. The molecule has 0 aliphatic heterocycles. The fourth-order valence-electron chi connectivity index (χ4n) is 2.99. The van der Waals surface area contributed by atoms with E-state index in [0.717, 1.165) is 26.4 Å². The first kappa shape index (κ1) is 40.9. The highest BCUT2D eigenvalue weighted by Gasteiger charge is 2.17. The van der Waals surface area contributed by atoms with Crippen molar-refractivity contribution in [1.82, 2.24) is 16.0 Å². The van der Waals surface area contributed by atoms with E-state index >= 15 is 0 Å². The van der Waals surface area contributed by atoms with Crippen molar-refractivity contribution in [2.75, 3.05) is 101 Å². The van der Waals surface area contributed by atoms with Crippen LogP contribution in [0.1, 0.15) is 38.5 Å². The second kappa shape index (κ2) is 28.7. The maximum absolute atomic E-state index is 12.1. The van der Waals surface area contributed by atoms with Crippen molar-refractivity contribution in [3.63, 3.8) is 0 Å². The molecule has 0 fully saturated rings. The number of phosphoric acid groups is 1. The van der Waals surface area contributed by atoms with Crippen LogP contribution in [0.4, 0.5) is 9.59 Å². The van der Waals surface area contributed by atoms with Gasteiger partial charge in [-0.1, -0.05) is 12.8 Å². The summed E-state index contributed by atoms with van der Waals surface area (Å²) in [6.45, 7) is 2.39. The van der Waals surface area contributed by atoms with E-state index in [-0.39, 0.29) is 58.6 Å². The molecule has 0 aromatic heterocycles. The van der Waals surface area contributed by atoms with Gasteiger partial charge in [0.25, 0.3) is 0 Å². The summed E-state index contributed by atoms with van der Waals surface area (Å²) in [6, 6.07) is 0. The molecule has 0 radical (unpaired) electrons. The molecular weight excluding hydrogens is 597 g/mol. The lowest BCUT2D eigenvalue weighted by molar-refractivity contribution is -0.121. The molecule has 18 heteroatoms. The highest BCUT2D eigenvalue weighted by molar-refractivity contribution is 7.47. The zero-order chi connectivity index (χ0) is 32.0. The number of nitrogens with one attached hydrogen (secondary N) is 3. The Hall–Kier alpha value is -2.08. The van der Waals surface area contributed by atoms with E-state index in [4.69, 9.17) is 42.6 Å². The molecule has 0 aromatic rings. The minimum Gasteiger partial charge on any atom is -0.447 e. The molecule has 0 spiro atoms. The van der Waals surface area contributed by atoms with Crippen LogP contribution in [-0.2, 0) is 51.6 Å². The van der Waals surface area contributed by atoms with Crippen molar-refractivity contribution in [3.05, 3.63) is 0 Å². The number of alkyl carbamates (subject to hydrolysis) is 2. The van der Waals surface area contributed by atoms with E-state index in [2.05, 4.69) is 20.5 Å². The van der Waals surface area contributed by atoms with Crippen LogP contribution < -0.4 is 16.0 Å². The molecule has 2 unspecified atom stereocenters. The van der Waals surface area contributed by atoms with Gasteiger partial charge in [-0.15, -0.1) is 0 Å². The van der Waals surface area contributed by atoms with Gasteiger partial charge in [-0.25, -0.2) is 14.2 Å². The number of rotatable bonds is 29. The molecule has 4 N–H and O–H groups in total. The molecule has 0 rings (SSSR count).